The van der Waals surface area contributed by atoms with Crippen LogP contribution in [0, 0.1) is 11.8 Å². The largest absolute Gasteiger partial charge is 0.508 e. The zero-order valence-corrected chi connectivity index (χ0v) is 11.7. The number of aromatic hydroxyl groups is 1. The Kier molecular flexibility index (Phi) is 5.24. The van der Waals surface area contributed by atoms with Crippen LogP contribution in [0.3, 0.4) is 0 Å². The van der Waals surface area contributed by atoms with E-state index in [-0.39, 0.29) is 17.6 Å². The Morgan fingerprint density at radius 1 is 1.35 bits per heavy atom. The van der Waals surface area contributed by atoms with Gasteiger partial charge in [0, 0.05) is 0 Å². The average Bonchev–Trinajstić information content (AvgIpc) is 2.50. The summed E-state index contributed by atoms with van der Waals surface area (Å²) in [5.41, 5.74) is 0. The first-order valence-corrected chi connectivity index (χ1v) is 6.91. The third-order valence-electron chi connectivity index (χ3n) is 3.72. The summed E-state index contributed by atoms with van der Waals surface area (Å²) in [6, 6.07) is 6.50. The summed E-state index contributed by atoms with van der Waals surface area (Å²) < 4.78 is 10.6. The number of carbonyl (C=O) groups excluding carboxylic acids is 1. The van der Waals surface area contributed by atoms with Crippen molar-refractivity contribution in [2.45, 2.75) is 12.8 Å². The van der Waals surface area contributed by atoms with E-state index < -0.39 is 0 Å². The third-order valence-corrected chi connectivity index (χ3v) is 3.72. The van der Waals surface area contributed by atoms with Gasteiger partial charge >= 0.3 is 5.97 Å². The van der Waals surface area contributed by atoms with Crippen LogP contribution in [-0.4, -0.2) is 37.9 Å². The Hall–Kier alpha value is -1.75. The van der Waals surface area contributed by atoms with Crippen LogP contribution in [0.5, 0.6) is 11.5 Å². The second kappa shape index (κ2) is 7.14. The van der Waals surface area contributed by atoms with Gasteiger partial charge in [-0.1, -0.05) is 0 Å². The highest BCUT2D eigenvalue weighted by Crippen LogP contribution is 2.25. The minimum Gasteiger partial charge on any atom is -0.508 e. The lowest BCUT2D eigenvalue weighted by molar-refractivity contribution is -0.149. The van der Waals surface area contributed by atoms with Gasteiger partial charge in [-0.05, 0) is 56.1 Å². The quantitative estimate of drug-likeness (QED) is 0.801. The predicted octanol–water partition coefficient (Wildman–Crippen LogP) is 1.56. The lowest BCUT2D eigenvalue weighted by Crippen LogP contribution is -2.37. The number of hydrogen-bond donors (Lipinski definition) is 2. The van der Waals surface area contributed by atoms with E-state index in [0.717, 1.165) is 25.9 Å². The third kappa shape index (κ3) is 3.87. The van der Waals surface area contributed by atoms with E-state index in [4.69, 9.17) is 9.47 Å². The van der Waals surface area contributed by atoms with Crippen LogP contribution < -0.4 is 10.1 Å². The van der Waals surface area contributed by atoms with Gasteiger partial charge in [0.2, 0.25) is 0 Å². The molecule has 0 radical (unpaired) electrons. The molecule has 1 saturated heterocycles. The Bertz CT molecular complexity index is 426. The minimum atomic E-state index is -0.240. The lowest BCUT2D eigenvalue weighted by Gasteiger charge is -2.28. The molecule has 1 aromatic rings. The van der Waals surface area contributed by atoms with Crippen molar-refractivity contribution >= 4 is 5.97 Å². The molecule has 1 unspecified atom stereocenters. The molecule has 1 atom stereocenters. The summed E-state index contributed by atoms with van der Waals surface area (Å²) in [4.78, 5) is 11.9. The van der Waals surface area contributed by atoms with Crippen LogP contribution in [0.25, 0.3) is 0 Å². The standard InChI is InChI=1S/C15H21NO4/c1-19-15(18)14(11-6-8-16-9-7-11)10-20-13-4-2-12(17)3-5-13/h2-5,11,14,16-17H,6-10H2,1H3. The summed E-state index contributed by atoms with van der Waals surface area (Å²) in [5, 5.41) is 12.5. The molecular weight excluding hydrogens is 258 g/mol. The molecule has 0 spiro atoms. The molecule has 1 aromatic carbocycles. The van der Waals surface area contributed by atoms with Gasteiger partial charge in [-0.25, -0.2) is 0 Å². The molecule has 0 aromatic heterocycles. The zero-order valence-electron chi connectivity index (χ0n) is 11.7. The van der Waals surface area contributed by atoms with Crippen LogP contribution in [0.4, 0.5) is 0 Å². The fraction of sp³-hybridized carbons (Fsp3) is 0.533. The topological polar surface area (TPSA) is 67.8 Å². The zero-order chi connectivity index (χ0) is 14.4. The lowest BCUT2D eigenvalue weighted by atomic mass is 9.85. The van der Waals surface area contributed by atoms with Crippen molar-refractivity contribution in [1.29, 1.82) is 0 Å². The van der Waals surface area contributed by atoms with Gasteiger partial charge in [-0.3, -0.25) is 4.79 Å². The summed E-state index contributed by atoms with van der Waals surface area (Å²) in [6.07, 6.45) is 1.91. The van der Waals surface area contributed by atoms with Crippen molar-refractivity contribution in [3.8, 4) is 11.5 Å². The maximum Gasteiger partial charge on any atom is 0.312 e. The van der Waals surface area contributed by atoms with E-state index in [1.54, 1.807) is 24.3 Å². The Morgan fingerprint density at radius 2 is 2.00 bits per heavy atom. The number of benzene rings is 1. The molecule has 1 aliphatic rings. The summed E-state index contributed by atoms with van der Waals surface area (Å²) in [7, 11) is 1.41. The van der Waals surface area contributed by atoms with Gasteiger partial charge in [-0.2, -0.15) is 0 Å². The van der Waals surface area contributed by atoms with E-state index in [1.165, 1.54) is 7.11 Å². The molecule has 2 rings (SSSR count). The smallest absolute Gasteiger partial charge is 0.312 e. The number of methoxy groups -OCH3 is 1. The molecule has 0 bridgehead atoms. The van der Waals surface area contributed by atoms with E-state index >= 15 is 0 Å². The number of phenols is 1. The molecular formula is C15H21NO4. The van der Waals surface area contributed by atoms with E-state index in [2.05, 4.69) is 5.32 Å². The Morgan fingerprint density at radius 3 is 2.60 bits per heavy atom. The fourth-order valence-corrected chi connectivity index (χ4v) is 2.52. The van der Waals surface area contributed by atoms with Gasteiger partial charge in [0.05, 0.1) is 13.0 Å². The number of piperidine rings is 1. The van der Waals surface area contributed by atoms with Crippen LogP contribution in [0.1, 0.15) is 12.8 Å². The van der Waals surface area contributed by atoms with E-state index in [0.29, 0.717) is 18.3 Å². The predicted molar refractivity (Wildman–Crippen MR) is 74.7 cm³/mol. The molecule has 110 valence electrons. The van der Waals surface area contributed by atoms with Gasteiger partial charge in [-0.15, -0.1) is 0 Å². The van der Waals surface area contributed by atoms with Crippen LogP contribution in [-0.2, 0) is 9.53 Å². The summed E-state index contributed by atoms with van der Waals surface area (Å²) in [6.45, 7) is 2.16. The SMILES string of the molecule is COC(=O)C(COc1ccc(O)cc1)C1CCNCC1. The normalized spacial score (nSPS) is 17.4. The number of phenolic OH excluding ortho intramolecular Hbond substituents is 1. The molecule has 0 saturated carbocycles. The van der Waals surface area contributed by atoms with Crippen molar-refractivity contribution in [2.75, 3.05) is 26.8 Å². The number of esters is 1. The summed E-state index contributed by atoms with van der Waals surface area (Å²) >= 11 is 0. The van der Waals surface area contributed by atoms with Crippen molar-refractivity contribution in [3.63, 3.8) is 0 Å². The van der Waals surface area contributed by atoms with Gasteiger partial charge < -0.3 is 19.9 Å². The van der Waals surface area contributed by atoms with Gasteiger partial charge in [0.1, 0.15) is 18.1 Å². The van der Waals surface area contributed by atoms with Crippen LogP contribution >= 0.6 is 0 Å². The maximum atomic E-state index is 11.9. The highest BCUT2D eigenvalue weighted by atomic mass is 16.5. The fourth-order valence-electron chi connectivity index (χ4n) is 2.52. The molecule has 1 aliphatic heterocycles. The first-order valence-electron chi connectivity index (χ1n) is 6.91. The number of hydrogen-bond acceptors (Lipinski definition) is 5. The molecule has 0 aliphatic carbocycles. The minimum absolute atomic E-state index is 0.195. The van der Waals surface area contributed by atoms with E-state index in [1.807, 2.05) is 0 Å². The van der Waals surface area contributed by atoms with Crippen LogP contribution in [0.15, 0.2) is 24.3 Å². The summed E-state index contributed by atoms with van der Waals surface area (Å²) in [5.74, 6) is 0.679. The number of ether oxygens (including phenoxy) is 2. The molecule has 5 nitrogen and oxygen atoms in total. The highest BCUT2D eigenvalue weighted by molar-refractivity contribution is 5.72. The first kappa shape index (κ1) is 14.7. The second-order valence-corrected chi connectivity index (χ2v) is 5.02. The van der Waals surface area contributed by atoms with Crippen molar-refractivity contribution in [1.82, 2.24) is 5.32 Å². The monoisotopic (exact) mass is 279 g/mol. The average molecular weight is 279 g/mol. The number of rotatable bonds is 5. The molecule has 0 amide bonds. The van der Waals surface area contributed by atoms with Crippen molar-refractivity contribution in [3.05, 3.63) is 24.3 Å². The molecule has 2 N–H and O–H groups in total. The second-order valence-electron chi connectivity index (χ2n) is 5.02. The van der Waals surface area contributed by atoms with Gasteiger partial charge in [0.25, 0.3) is 0 Å². The number of carbonyl (C=O) groups is 1. The molecule has 5 heteroatoms. The molecule has 1 heterocycles. The maximum absolute atomic E-state index is 11.9. The van der Waals surface area contributed by atoms with Crippen LogP contribution in [0.2, 0.25) is 0 Å². The van der Waals surface area contributed by atoms with E-state index in [9.17, 15) is 9.90 Å². The molecule has 1 fully saturated rings. The van der Waals surface area contributed by atoms with Crippen molar-refractivity contribution in [2.24, 2.45) is 11.8 Å². The molecule has 20 heavy (non-hydrogen) atoms. The highest BCUT2D eigenvalue weighted by Gasteiger charge is 2.31. The van der Waals surface area contributed by atoms with Crippen molar-refractivity contribution < 1.29 is 19.4 Å². The number of nitrogens with one attached hydrogen (secondary N) is 1. The van der Waals surface area contributed by atoms with Gasteiger partial charge in [0.15, 0.2) is 0 Å². The Labute approximate surface area is 118 Å². The Balaban J connectivity index is 1.96. The first-order chi connectivity index (χ1) is 9.70.